The van der Waals surface area contributed by atoms with Crippen LogP contribution in [0.2, 0.25) is 0 Å². The molecule has 1 saturated heterocycles. The van der Waals surface area contributed by atoms with E-state index in [1.165, 1.54) is 44.6 Å². The molecule has 0 radical (unpaired) electrons. The molecule has 2 unspecified atom stereocenters. The van der Waals surface area contributed by atoms with E-state index in [1.54, 1.807) is 0 Å². The van der Waals surface area contributed by atoms with Gasteiger partial charge in [0.25, 0.3) is 0 Å². The fourth-order valence-corrected chi connectivity index (χ4v) is 4.58. The highest BCUT2D eigenvalue weighted by molar-refractivity contribution is 6.12. The number of carbonyl (C=O) groups excluding carboxylic acids is 2. The fourth-order valence-electron chi connectivity index (χ4n) is 4.58. The van der Waals surface area contributed by atoms with Crippen molar-refractivity contribution >= 4 is 23.6 Å². The number of imide groups is 1. The number of anilines is 1. The first-order valence-electron chi connectivity index (χ1n) is 10.4. The summed E-state index contributed by atoms with van der Waals surface area (Å²) in [4.78, 5) is 40.4. The van der Waals surface area contributed by atoms with Crippen LogP contribution < -0.4 is 14.4 Å². The van der Waals surface area contributed by atoms with E-state index in [0.29, 0.717) is 5.75 Å². The Balaban J connectivity index is 1.78. The largest absolute Gasteiger partial charge is 0.493 e. The van der Waals surface area contributed by atoms with Crippen molar-refractivity contribution < 1.29 is 42.1 Å². The molecule has 180 valence electrons. The van der Waals surface area contributed by atoms with Crippen molar-refractivity contribution in [1.82, 2.24) is 4.90 Å². The fraction of sp³-hybridized carbons (Fsp3) is 0.348. The Bertz CT molecular complexity index is 1170. The van der Waals surface area contributed by atoms with Crippen molar-refractivity contribution in [2.75, 3.05) is 25.7 Å². The van der Waals surface area contributed by atoms with Crippen LogP contribution in [0.1, 0.15) is 29.2 Å². The molecular weight excluding hydrogens is 457 g/mol. The number of rotatable bonds is 5. The number of alkyl halides is 3. The number of carboxylic acids is 1. The van der Waals surface area contributed by atoms with Gasteiger partial charge in [-0.05, 0) is 42.2 Å². The van der Waals surface area contributed by atoms with Crippen molar-refractivity contribution in [3.63, 3.8) is 0 Å². The minimum atomic E-state index is -4.59. The lowest BCUT2D eigenvalue weighted by atomic mass is 9.98. The molecule has 4 rings (SSSR count). The Labute approximate surface area is 192 Å². The summed E-state index contributed by atoms with van der Waals surface area (Å²) in [6, 6.07) is 6.29. The average molecular weight is 478 g/mol. The molecule has 2 aromatic rings. The molecule has 1 aliphatic carbocycles. The number of benzene rings is 2. The van der Waals surface area contributed by atoms with E-state index in [1.807, 2.05) is 0 Å². The van der Waals surface area contributed by atoms with Crippen molar-refractivity contribution in [3.8, 4) is 11.5 Å². The van der Waals surface area contributed by atoms with Crippen molar-refractivity contribution in [3.05, 3.63) is 53.1 Å². The van der Waals surface area contributed by atoms with Gasteiger partial charge < -0.3 is 14.6 Å². The number of urea groups is 1. The lowest BCUT2D eigenvalue weighted by molar-refractivity contribution is -0.151. The summed E-state index contributed by atoms with van der Waals surface area (Å²) in [5, 5.41) is 9.67. The lowest BCUT2D eigenvalue weighted by Gasteiger charge is -2.40. The molecule has 2 aliphatic rings. The number of aliphatic carboxylic acids is 1. The van der Waals surface area contributed by atoms with Crippen LogP contribution in [0.15, 0.2) is 36.4 Å². The van der Waals surface area contributed by atoms with Crippen LogP contribution in [-0.2, 0) is 22.2 Å². The summed E-state index contributed by atoms with van der Waals surface area (Å²) in [5.74, 6) is -3.31. The molecule has 0 aromatic heterocycles. The number of nitrogens with zero attached hydrogens (tertiary/aromatic N) is 2. The van der Waals surface area contributed by atoms with E-state index >= 15 is 0 Å². The third-order valence-electron chi connectivity index (χ3n) is 6.17. The number of methoxy groups -OCH3 is 2. The Morgan fingerprint density at radius 1 is 1.09 bits per heavy atom. The summed E-state index contributed by atoms with van der Waals surface area (Å²) >= 11 is 0. The highest BCUT2D eigenvalue weighted by Gasteiger charge is 2.49. The van der Waals surface area contributed by atoms with E-state index in [4.69, 9.17) is 9.47 Å². The lowest BCUT2D eigenvalue weighted by Crippen LogP contribution is -2.59. The molecule has 1 heterocycles. The third-order valence-corrected chi connectivity index (χ3v) is 6.17. The second-order valence-electron chi connectivity index (χ2n) is 7.96. The van der Waals surface area contributed by atoms with Gasteiger partial charge in [-0.25, -0.2) is 4.79 Å². The van der Waals surface area contributed by atoms with Crippen LogP contribution in [0.25, 0.3) is 0 Å². The maximum Gasteiger partial charge on any atom is 0.416 e. The zero-order valence-corrected chi connectivity index (χ0v) is 18.3. The molecule has 8 nitrogen and oxygen atoms in total. The van der Waals surface area contributed by atoms with Gasteiger partial charge >= 0.3 is 18.2 Å². The Morgan fingerprint density at radius 2 is 1.79 bits per heavy atom. The number of halogens is 3. The van der Waals surface area contributed by atoms with E-state index in [2.05, 4.69) is 0 Å². The van der Waals surface area contributed by atoms with Gasteiger partial charge in [0.15, 0.2) is 17.4 Å². The summed E-state index contributed by atoms with van der Waals surface area (Å²) in [7, 11) is 2.82. The summed E-state index contributed by atoms with van der Waals surface area (Å²) in [6.07, 6.45) is -4.53. The summed E-state index contributed by atoms with van der Waals surface area (Å²) < 4.78 is 50.9. The maximum atomic E-state index is 13.5. The normalized spacial score (nSPS) is 20.4. The number of carboxylic acid groups (broad SMARTS) is 1. The van der Waals surface area contributed by atoms with Crippen LogP contribution in [0.4, 0.5) is 23.7 Å². The molecule has 0 spiro atoms. The smallest absolute Gasteiger partial charge is 0.416 e. The molecular formula is C23H21F3N2O6. The zero-order chi connectivity index (χ0) is 24.8. The van der Waals surface area contributed by atoms with Crippen LogP contribution in [0.3, 0.4) is 0 Å². The Kier molecular flexibility index (Phi) is 5.88. The maximum absolute atomic E-state index is 13.5. The molecule has 0 bridgehead atoms. The highest BCUT2D eigenvalue weighted by Crippen LogP contribution is 2.44. The molecule has 11 heteroatoms. The van der Waals surface area contributed by atoms with Gasteiger partial charge in [0.1, 0.15) is 0 Å². The number of amides is 3. The molecule has 2 aromatic carbocycles. The zero-order valence-electron chi connectivity index (χ0n) is 18.3. The number of hydrogen-bond donors (Lipinski definition) is 1. The first-order chi connectivity index (χ1) is 16.1. The monoisotopic (exact) mass is 478 g/mol. The van der Waals surface area contributed by atoms with Crippen molar-refractivity contribution in [1.29, 1.82) is 0 Å². The van der Waals surface area contributed by atoms with Crippen LogP contribution in [0, 0.1) is 5.92 Å². The molecule has 3 amide bonds. The molecule has 1 fully saturated rings. The summed E-state index contributed by atoms with van der Waals surface area (Å²) in [5.41, 5.74) is -0.366. The second-order valence-corrected chi connectivity index (χ2v) is 7.96. The van der Waals surface area contributed by atoms with Crippen LogP contribution >= 0.6 is 0 Å². The molecule has 2 atom stereocenters. The predicted molar refractivity (Wildman–Crippen MR) is 113 cm³/mol. The molecule has 1 N–H and O–H groups in total. The number of fused-ring (bicyclic) bond motifs is 1. The van der Waals surface area contributed by atoms with Gasteiger partial charge in [-0.2, -0.15) is 13.2 Å². The third kappa shape index (κ3) is 3.80. The quantitative estimate of drug-likeness (QED) is 0.656. The first kappa shape index (κ1) is 23.4. The van der Waals surface area contributed by atoms with Gasteiger partial charge in [-0.3, -0.25) is 19.4 Å². The number of ether oxygens (including phenoxy) is 2. The van der Waals surface area contributed by atoms with E-state index in [-0.39, 0.29) is 35.4 Å². The second kappa shape index (κ2) is 8.54. The van der Waals surface area contributed by atoms with Crippen molar-refractivity contribution in [2.24, 2.45) is 5.92 Å². The van der Waals surface area contributed by atoms with Gasteiger partial charge in [-0.1, -0.05) is 12.1 Å². The van der Waals surface area contributed by atoms with Crippen molar-refractivity contribution in [2.45, 2.75) is 25.1 Å². The van der Waals surface area contributed by atoms with Gasteiger partial charge in [-0.15, -0.1) is 0 Å². The SMILES string of the molecule is COc1ccc(N2CC(C(=O)O)C(=O)N(C3CCc4c3cccc4C(F)(F)F)C2=O)cc1OC. The number of hydrogen-bond acceptors (Lipinski definition) is 5. The number of carbonyl (C=O) groups is 3. The predicted octanol–water partition coefficient (Wildman–Crippen LogP) is 3.88. The van der Waals surface area contributed by atoms with Gasteiger partial charge in [0.2, 0.25) is 5.91 Å². The Hall–Kier alpha value is -3.76. The van der Waals surface area contributed by atoms with E-state index < -0.39 is 48.2 Å². The molecule has 34 heavy (non-hydrogen) atoms. The highest BCUT2D eigenvalue weighted by atomic mass is 19.4. The first-order valence-corrected chi connectivity index (χ1v) is 10.4. The van der Waals surface area contributed by atoms with Crippen LogP contribution in [-0.4, -0.2) is 48.7 Å². The Morgan fingerprint density at radius 3 is 2.41 bits per heavy atom. The average Bonchev–Trinajstić information content (AvgIpc) is 3.21. The van der Waals surface area contributed by atoms with E-state index in [9.17, 15) is 32.7 Å². The topological polar surface area (TPSA) is 96.4 Å². The standard InChI is InChI=1S/C23H21F3N2O6/c1-33-18-9-6-12(10-19(18)34-2)27-11-15(21(30)31)20(29)28(22(27)32)17-8-7-13-14(17)4-3-5-16(13)23(24,25)26/h3-6,9-10,15,17H,7-8,11H2,1-2H3,(H,30,31). The molecule has 1 aliphatic heterocycles. The van der Waals surface area contributed by atoms with Gasteiger partial charge in [0, 0.05) is 11.8 Å². The van der Waals surface area contributed by atoms with Gasteiger partial charge in [0.05, 0.1) is 32.4 Å². The minimum Gasteiger partial charge on any atom is -0.493 e. The summed E-state index contributed by atoms with van der Waals surface area (Å²) in [6.45, 7) is -0.429. The minimum absolute atomic E-state index is 0.000833. The van der Waals surface area contributed by atoms with Crippen LogP contribution in [0.5, 0.6) is 11.5 Å². The molecule has 0 saturated carbocycles. The van der Waals surface area contributed by atoms with E-state index in [0.717, 1.165) is 15.9 Å².